The largest absolute Gasteiger partial charge is 0.486 e. The van der Waals surface area contributed by atoms with Crippen LogP contribution in [0.1, 0.15) is 0 Å². The summed E-state index contributed by atoms with van der Waals surface area (Å²) < 4.78 is 42.9. The van der Waals surface area contributed by atoms with Crippen molar-refractivity contribution in [2.75, 3.05) is 30.3 Å². The van der Waals surface area contributed by atoms with Crippen molar-refractivity contribution in [2.24, 2.45) is 0 Å². The van der Waals surface area contributed by atoms with E-state index in [4.69, 9.17) is 14.2 Å². The third-order valence-corrected chi connectivity index (χ3v) is 6.03. The highest BCUT2D eigenvalue weighted by atomic mass is 32.2. The van der Waals surface area contributed by atoms with E-state index < -0.39 is 15.9 Å². The van der Waals surface area contributed by atoms with Gasteiger partial charge in [0.1, 0.15) is 30.8 Å². The molecule has 3 aromatic carbocycles. The number of fused-ring (bicyclic) bond motifs is 1. The van der Waals surface area contributed by atoms with Crippen LogP contribution in [-0.2, 0) is 14.8 Å². The highest BCUT2D eigenvalue weighted by Gasteiger charge is 2.24. The van der Waals surface area contributed by atoms with Crippen LogP contribution in [0.3, 0.4) is 0 Å². The molecule has 33 heavy (non-hydrogen) atoms. The normalized spacial score (nSPS) is 14.9. The van der Waals surface area contributed by atoms with Crippen LogP contribution in [0.15, 0.2) is 78.9 Å². The van der Waals surface area contributed by atoms with Gasteiger partial charge < -0.3 is 19.5 Å². The zero-order valence-electron chi connectivity index (χ0n) is 18.0. The van der Waals surface area contributed by atoms with Crippen LogP contribution in [0.5, 0.6) is 23.0 Å². The van der Waals surface area contributed by atoms with Gasteiger partial charge in [-0.3, -0.25) is 9.10 Å². The lowest BCUT2D eigenvalue weighted by Gasteiger charge is -2.27. The number of nitrogens with zero attached hydrogens (tertiary/aromatic N) is 1. The van der Waals surface area contributed by atoms with E-state index in [1.54, 1.807) is 30.3 Å². The monoisotopic (exact) mass is 468 g/mol. The van der Waals surface area contributed by atoms with E-state index in [1.807, 2.05) is 48.5 Å². The summed E-state index contributed by atoms with van der Waals surface area (Å²) in [6.07, 6.45) is 0.689. The summed E-state index contributed by atoms with van der Waals surface area (Å²) in [5.74, 6) is 2.04. The van der Waals surface area contributed by atoms with Gasteiger partial charge in [-0.05, 0) is 48.5 Å². The summed E-state index contributed by atoms with van der Waals surface area (Å²) >= 11 is 0. The maximum absolute atomic E-state index is 12.5. The smallest absolute Gasteiger partial charge is 0.240 e. The topological polar surface area (TPSA) is 94.2 Å². The van der Waals surface area contributed by atoms with Crippen molar-refractivity contribution >= 4 is 21.6 Å². The Morgan fingerprint density at radius 2 is 1.61 bits per heavy atom. The first-order valence-electron chi connectivity index (χ1n) is 10.3. The van der Waals surface area contributed by atoms with Crippen molar-refractivity contribution in [1.82, 2.24) is 5.32 Å². The molecule has 0 saturated heterocycles. The maximum Gasteiger partial charge on any atom is 0.240 e. The number of sulfonamides is 1. The van der Waals surface area contributed by atoms with E-state index in [2.05, 4.69) is 5.32 Å². The molecule has 1 heterocycles. The lowest BCUT2D eigenvalue weighted by molar-refractivity contribution is -0.120. The van der Waals surface area contributed by atoms with Crippen molar-refractivity contribution in [1.29, 1.82) is 0 Å². The molecule has 1 atom stereocenters. The SMILES string of the molecule is CS(=O)(=O)N(CC(=O)NC[C@@H]1COc2ccccc2O1)c1ccc(Oc2ccccc2)cc1. The van der Waals surface area contributed by atoms with Gasteiger partial charge in [-0.15, -0.1) is 0 Å². The molecule has 0 aliphatic carbocycles. The van der Waals surface area contributed by atoms with Crippen LogP contribution in [0.4, 0.5) is 5.69 Å². The highest BCUT2D eigenvalue weighted by Crippen LogP contribution is 2.30. The molecule has 0 bridgehead atoms. The minimum absolute atomic E-state index is 0.189. The van der Waals surface area contributed by atoms with Gasteiger partial charge in [0, 0.05) is 0 Å². The highest BCUT2D eigenvalue weighted by molar-refractivity contribution is 7.92. The van der Waals surface area contributed by atoms with Crippen molar-refractivity contribution in [2.45, 2.75) is 6.10 Å². The number of anilines is 1. The molecule has 0 spiro atoms. The van der Waals surface area contributed by atoms with Crippen molar-refractivity contribution in [3.63, 3.8) is 0 Å². The molecule has 0 aromatic heterocycles. The molecule has 0 radical (unpaired) electrons. The number of hydrogen-bond donors (Lipinski definition) is 1. The minimum Gasteiger partial charge on any atom is -0.486 e. The number of hydrogen-bond acceptors (Lipinski definition) is 6. The van der Waals surface area contributed by atoms with Crippen LogP contribution in [-0.4, -0.2) is 46.4 Å². The Morgan fingerprint density at radius 3 is 2.30 bits per heavy atom. The minimum atomic E-state index is -3.69. The van der Waals surface area contributed by atoms with E-state index in [0.29, 0.717) is 28.7 Å². The molecule has 0 fully saturated rings. The average Bonchev–Trinajstić information content (AvgIpc) is 2.82. The molecule has 1 N–H and O–H groups in total. The summed E-state index contributed by atoms with van der Waals surface area (Å²) in [6, 6.07) is 23.0. The van der Waals surface area contributed by atoms with E-state index in [1.165, 1.54) is 0 Å². The maximum atomic E-state index is 12.5. The average molecular weight is 469 g/mol. The Hall–Kier alpha value is -3.72. The van der Waals surface area contributed by atoms with Gasteiger partial charge in [-0.2, -0.15) is 0 Å². The van der Waals surface area contributed by atoms with Gasteiger partial charge in [0.25, 0.3) is 0 Å². The van der Waals surface area contributed by atoms with Crippen LogP contribution in [0, 0.1) is 0 Å². The van der Waals surface area contributed by atoms with Gasteiger partial charge in [0.15, 0.2) is 11.5 Å². The Labute approximate surface area is 192 Å². The number of para-hydroxylation sites is 3. The Bertz CT molecular complexity index is 1200. The fraction of sp³-hybridized carbons (Fsp3) is 0.208. The molecular weight excluding hydrogens is 444 g/mol. The fourth-order valence-electron chi connectivity index (χ4n) is 3.28. The molecule has 0 unspecified atom stereocenters. The summed E-state index contributed by atoms with van der Waals surface area (Å²) in [7, 11) is -3.69. The molecule has 8 nitrogen and oxygen atoms in total. The molecule has 1 amide bonds. The number of carbonyl (C=O) groups excluding carboxylic acids is 1. The third kappa shape index (κ3) is 5.95. The first kappa shape index (κ1) is 22.5. The number of carbonyl (C=O) groups is 1. The molecule has 9 heteroatoms. The predicted molar refractivity (Wildman–Crippen MR) is 125 cm³/mol. The fourth-order valence-corrected chi connectivity index (χ4v) is 4.14. The lowest BCUT2D eigenvalue weighted by atomic mass is 10.2. The summed E-state index contributed by atoms with van der Waals surface area (Å²) in [5.41, 5.74) is 0.360. The van der Waals surface area contributed by atoms with E-state index in [9.17, 15) is 13.2 Å². The summed E-state index contributed by atoms with van der Waals surface area (Å²) in [4.78, 5) is 12.5. The number of nitrogens with one attached hydrogen (secondary N) is 1. The second-order valence-electron chi connectivity index (χ2n) is 7.48. The molecule has 1 aliphatic rings. The van der Waals surface area contributed by atoms with Crippen LogP contribution < -0.4 is 23.8 Å². The summed E-state index contributed by atoms with van der Waals surface area (Å²) in [5, 5.41) is 2.72. The van der Waals surface area contributed by atoms with E-state index >= 15 is 0 Å². The van der Waals surface area contributed by atoms with Gasteiger partial charge in [-0.25, -0.2) is 8.42 Å². The quantitative estimate of drug-likeness (QED) is 0.546. The third-order valence-electron chi connectivity index (χ3n) is 4.89. The van der Waals surface area contributed by atoms with E-state index in [0.717, 1.165) is 10.6 Å². The Kier molecular flexibility index (Phi) is 6.69. The zero-order chi connectivity index (χ0) is 23.3. The molecule has 1 aliphatic heterocycles. The standard InChI is InChI=1S/C24H24N2O6S/c1-33(28,29)26(18-11-13-20(14-12-18)31-19-7-3-2-4-8-19)16-24(27)25-15-21-17-30-22-9-5-6-10-23(22)32-21/h2-14,21H,15-17H2,1H3,(H,25,27)/t21-/m1/s1. The Balaban J connectivity index is 1.36. The second kappa shape index (κ2) is 9.83. The van der Waals surface area contributed by atoms with E-state index in [-0.39, 0.29) is 25.8 Å². The molecule has 0 saturated carbocycles. The van der Waals surface area contributed by atoms with Gasteiger partial charge >= 0.3 is 0 Å². The first-order chi connectivity index (χ1) is 15.9. The van der Waals surface area contributed by atoms with Crippen LogP contribution in [0.2, 0.25) is 0 Å². The zero-order valence-corrected chi connectivity index (χ0v) is 18.8. The van der Waals surface area contributed by atoms with Gasteiger partial charge in [0.2, 0.25) is 15.9 Å². The van der Waals surface area contributed by atoms with Crippen molar-refractivity contribution in [3.05, 3.63) is 78.9 Å². The molecule has 172 valence electrons. The lowest BCUT2D eigenvalue weighted by Crippen LogP contribution is -2.45. The van der Waals surface area contributed by atoms with Crippen LogP contribution >= 0.6 is 0 Å². The molecule has 4 rings (SSSR count). The van der Waals surface area contributed by atoms with Crippen molar-refractivity contribution < 1.29 is 27.4 Å². The second-order valence-corrected chi connectivity index (χ2v) is 9.39. The number of amides is 1. The first-order valence-corrected chi connectivity index (χ1v) is 12.2. The van der Waals surface area contributed by atoms with Gasteiger partial charge in [0.05, 0.1) is 18.5 Å². The molecule has 3 aromatic rings. The number of ether oxygens (including phenoxy) is 3. The number of benzene rings is 3. The number of rotatable bonds is 8. The summed E-state index contributed by atoms with van der Waals surface area (Å²) in [6.45, 7) is 0.118. The van der Waals surface area contributed by atoms with Gasteiger partial charge in [-0.1, -0.05) is 30.3 Å². The molecular formula is C24H24N2O6S. The van der Waals surface area contributed by atoms with Crippen molar-refractivity contribution in [3.8, 4) is 23.0 Å². The Morgan fingerprint density at radius 1 is 0.970 bits per heavy atom. The van der Waals surface area contributed by atoms with Crippen LogP contribution in [0.25, 0.3) is 0 Å². The predicted octanol–water partition coefficient (Wildman–Crippen LogP) is 3.20.